The third-order valence-corrected chi connectivity index (χ3v) is 6.26. The van der Waals surface area contributed by atoms with Gasteiger partial charge in [0.15, 0.2) is 0 Å². The van der Waals surface area contributed by atoms with Gasteiger partial charge in [-0.3, -0.25) is 0 Å². The Morgan fingerprint density at radius 3 is 0.758 bits per heavy atom. The second kappa shape index (κ2) is 20.6. The van der Waals surface area contributed by atoms with Crippen molar-refractivity contribution in [1.82, 2.24) is 0 Å². The molecule has 1 rings (SSSR count). The van der Waals surface area contributed by atoms with Crippen molar-refractivity contribution in [2.24, 2.45) is 40.4 Å². The van der Waals surface area contributed by atoms with Gasteiger partial charge in [0.1, 0.15) is 0 Å². The van der Waals surface area contributed by atoms with Gasteiger partial charge >= 0.3 is 0 Å². The Balaban J connectivity index is -0.000000163. The molecule has 0 N–H and O–H groups in total. The van der Waals surface area contributed by atoms with Crippen molar-refractivity contribution in [3.8, 4) is 0 Å². The lowest BCUT2D eigenvalue weighted by Gasteiger charge is -2.22. The second-order valence-corrected chi connectivity index (χ2v) is 13.8. The summed E-state index contributed by atoms with van der Waals surface area (Å²) in [6.45, 7) is 42.4. The van der Waals surface area contributed by atoms with Gasteiger partial charge < -0.3 is 0 Å². The van der Waals surface area contributed by atoms with Crippen LogP contribution in [0.1, 0.15) is 143 Å². The average Bonchev–Trinajstić information content (AvgIpc) is 2.61. The lowest BCUT2D eigenvalue weighted by atomic mass is 9.84. The molecule has 0 heterocycles. The SMILES string of the molecule is CC(C)C.CC(C)C(C)(C)C.CC(C)C(C)(C)C.CC(C)C(C)C.CC(C)c1ccccc1. The Labute approximate surface area is 213 Å². The van der Waals surface area contributed by atoms with Crippen LogP contribution < -0.4 is 0 Å². The van der Waals surface area contributed by atoms with Gasteiger partial charge in [-0.2, -0.15) is 0 Å². The van der Waals surface area contributed by atoms with Gasteiger partial charge in [0.2, 0.25) is 0 Å². The Kier molecular flexibility index (Phi) is 24.6. The highest BCUT2D eigenvalue weighted by molar-refractivity contribution is 5.17. The zero-order valence-corrected chi connectivity index (χ0v) is 26.9. The minimum atomic E-state index is 0.500. The van der Waals surface area contributed by atoms with Crippen LogP contribution in [0.25, 0.3) is 0 Å². The van der Waals surface area contributed by atoms with Gasteiger partial charge in [-0.15, -0.1) is 0 Å². The summed E-state index contributed by atoms with van der Waals surface area (Å²) in [6.07, 6.45) is 0. The van der Waals surface area contributed by atoms with Crippen molar-refractivity contribution >= 4 is 0 Å². The molecule has 0 aliphatic rings. The van der Waals surface area contributed by atoms with E-state index in [2.05, 4.69) is 156 Å². The molecule has 200 valence electrons. The molecule has 0 aliphatic carbocycles. The molecule has 1 aromatic carbocycles. The molecule has 0 saturated carbocycles. The fourth-order valence-electron chi connectivity index (χ4n) is 0.838. The maximum absolute atomic E-state index is 2.26. The van der Waals surface area contributed by atoms with E-state index < -0.39 is 0 Å². The smallest absolute Gasteiger partial charge is 0.0219 e. The molecule has 0 fully saturated rings. The maximum atomic E-state index is 2.26. The Hall–Kier alpha value is -0.780. The van der Waals surface area contributed by atoms with Crippen molar-refractivity contribution in [3.63, 3.8) is 0 Å². The summed E-state index contributed by atoms with van der Waals surface area (Å²) in [7, 11) is 0. The quantitative estimate of drug-likeness (QED) is 0.408. The fourth-order valence-corrected chi connectivity index (χ4v) is 0.838. The third-order valence-electron chi connectivity index (χ3n) is 6.26. The molecule has 0 saturated heterocycles. The summed E-state index contributed by atoms with van der Waals surface area (Å²) in [4.78, 5) is 0. The summed E-state index contributed by atoms with van der Waals surface area (Å²) in [5.41, 5.74) is 2.41. The molecule has 33 heavy (non-hydrogen) atoms. The fraction of sp³-hybridized carbons (Fsp3) is 0.818. The van der Waals surface area contributed by atoms with E-state index in [9.17, 15) is 0 Å². The van der Waals surface area contributed by atoms with Crippen molar-refractivity contribution in [2.75, 3.05) is 0 Å². The van der Waals surface area contributed by atoms with Gasteiger partial charge in [-0.05, 0) is 51.9 Å². The van der Waals surface area contributed by atoms with Crippen molar-refractivity contribution in [1.29, 1.82) is 0 Å². The number of hydrogen-bond acceptors (Lipinski definition) is 0. The Morgan fingerprint density at radius 2 is 0.667 bits per heavy atom. The summed E-state index contributed by atoms with van der Waals surface area (Å²) in [5.74, 6) is 4.79. The highest BCUT2D eigenvalue weighted by atomic mass is 14.2. The zero-order valence-electron chi connectivity index (χ0n) is 26.9. The Bertz CT molecular complexity index is 460. The van der Waals surface area contributed by atoms with E-state index >= 15 is 0 Å². The molecule has 0 nitrogen and oxygen atoms in total. The number of rotatable bonds is 2. The highest BCUT2D eigenvalue weighted by Gasteiger charge is 2.14. The monoisotopic (exact) mass is 465 g/mol. The molecule has 0 bridgehead atoms. The lowest BCUT2D eigenvalue weighted by Crippen LogP contribution is -2.12. The van der Waals surface area contributed by atoms with Crippen molar-refractivity contribution < 1.29 is 0 Å². The van der Waals surface area contributed by atoms with Gasteiger partial charge in [0.05, 0.1) is 0 Å². The lowest BCUT2D eigenvalue weighted by molar-refractivity contribution is 0.283. The van der Waals surface area contributed by atoms with Crippen LogP contribution in [-0.2, 0) is 0 Å². The topological polar surface area (TPSA) is 0 Å². The highest BCUT2D eigenvalue weighted by Crippen LogP contribution is 2.24. The molecule has 1 aromatic rings. The summed E-state index contributed by atoms with van der Waals surface area (Å²) in [6, 6.07) is 10.5. The van der Waals surface area contributed by atoms with Gasteiger partial charge in [0, 0.05) is 0 Å². The van der Waals surface area contributed by atoms with Crippen LogP contribution in [0.15, 0.2) is 30.3 Å². The molecular weight excluding hydrogens is 396 g/mol. The molecule has 0 heteroatoms. The molecule has 0 atom stereocenters. The summed E-state index contributed by atoms with van der Waals surface area (Å²) in [5, 5.41) is 0. The van der Waals surface area contributed by atoms with Crippen LogP contribution in [-0.4, -0.2) is 0 Å². The predicted octanol–water partition coefficient (Wildman–Crippen LogP) is 12.1. The van der Waals surface area contributed by atoms with E-state index in [0.29, 0.717) is 16.7 Å². The minimum Gasteiger partial charge on any atom is -0.0630 e. The Morgan fingerprint density at radius 1 is 0.455 bits per heavy atom. The van der Waals surface area contributed by atoms with E-state index in [1.54, 1.807) is 0 Å². The van der Waals surface area contributed by atoms with Crippen LogP contribution >= 0.6 is 0 Å². The van der Waals surface area contributed by atoms with Crippen LogP contribution in [0.3, 0.4) is 0 Å². The largest absolute Gasteiger partial charge is 0.0630 e. The first-order valence-corrected chi connectivity index (χ1v) is 13.6. The molecule has 0 unspecified atom stereocenters. The second-order valence-electron chi connectivity index (χ2n) is 13.8. The van der Waals surface area contributed by atoms with Crippen molar-refractivity contribution in [2.45, 2.75) is 137 Å². The first-order chi connectivity index (χ1) is 14.6. The zero-order chi connectivity index (χ0) is 27.6. The molecule has 0 amide bonds. The first-order valence-electron chi connectivity index (χ1n) is 13.6. The molecule has 0 radical (unpaired) electrons. The first kappa shape index (κ1) is 39.4. The third kappa shape index (κ3) is 36.0. The normalized spacial score (nSPS) is 11.3. The van der Waals surface area contributed by atoms with Crippen molar-refractivity contribution in [3.05, 3.63) is 35.9 Å². The molecule has 0 aliphatic heterocycles. The maximum Gasteiger partial charge on any atom is -0.0219 e. The van der Waals surface area contributed by atoms with E-state index in [1.807, 2.05) is 6.07 Å². The van der Waals surface area contributed by atoms with E-state index in [-0.39, 0.29) is 0 Å². The summed E-state index contributed by atoms with van der Waals surface area (Å²) >= 11 is 0. The van der Waals surface area contributed by atoms with Gasteiger partial charge in [-0.1, -0.05) is 162 Å². The average molecular weight is 465 g/mol. The van der Waals surface area contributed by atoms with E-state index in [4.69, 9.17) is 0 Å². The number of hydrogen-bond donors (Lipinski definition) is 0. The van der Waals surface area contributed by atoms with Crippen LogP contribution in [0.4, 0.5) is 0 Å². The standard InChI is InChI=1S/C9H12.2C7H16.C6H14.C4H10/c1-8(2)9-6-4-3-5-7-9;2*1-6(2)7(3,4)5;1-5(2)6(3)4;1-4(2)3/h3-8H,1-2H3;2*6H,1-5H3;5-6H,1-4H3;4H,1-3H3. The van der Waals surface area contributed by atoms with Gasteiger partial charge in [0.25, 0.3) is 0 Å². The van der Waals surface area contributed by atoms with Gasteiger partial charge in [-0.25, -0.2) is 0 Å². The van der Waals surface area contributed by atoms with E-state index in [0.717, 1.165) is 29.6 Å². The summed E-state index contributed by atoms with van der Waals surface area (Å²) < 4.78 is 0. The number of benzene rings is 1. The van der Waals surface area contributed by atoms with E-state index in [1.165, 1.54) is 5.56 Å². The predicted molar refractivity (Wildman–Crippen MR) is 159 cm³/mol. The molecule has 0 aromatic heterocycles. The minimum absolute atomic E-state index is 0.500. The molecule has 0 spiro atoms. The molecular formula is C33H68. The van der Waals surface area contributed by atoms with Crippen LogP contribution in [0, 0.1) is 40.4 Å². The van der Waals surface area contributed by atoms with Crippen LogP contribution in [0.2, 0.25) is 0 Å². The van der Waals surface area contributed by atoms with Crippen LogP contribution in [0.5, 0.6) is 0 Å².